The second-order valence-electron chi connectivity index (χ2n) is 10.4. The first-order valence-electron chi connectivity index (χ1n) is 12.7. The highest BCUT2D eigenvalue weighted by atomic mass is 16.5. The van der Waals surface area contributed by atoms with E-state index in [1.165, 1.54) is 11.1 Å². The third-order valence-electron chi connectivity index (χ3n) is 8.31. The molecular weight excluding hydrogens is 444 g/mol. The zero-order chi connectivity index (χ0) is 24.1. The maximum Gasteiger partial charge on any atom is 0.407 e. The van der Waals surface area contributed by atoms with Crippen molar-refractivity contribution in [1.29, 1.82) is 0 Å². The highest BCUT2D eigenvalue weighted by Crippen LogP contribution is 2.45. The summed E-state index contributed by atoms with van der Waals surface area (Å²) in [5, 5.41) is 12.3. The van der Waals surface area contributed by atoms with Crippen LogP contribution in [0.5, 0.6) is 0 Å². The standard InChI is InChI=1S/C28H30N2O5/c31-26(30-18-11-12-19(30)14-17(13-18)27(32)33)25(16-9-10-16)29-28(34)35-15-24-22-7-3-1-5-20(22)21-6-2-4-8-23(21)24/h1-8,16-19,24-25H,9-15H2,(H,29,34)(H,32,33). The van der Waals surface area contributed by atoms with Gasteiger partial charge in [0.05, 0.1) is 5.92 Å². The molecule has 2 bridgehead atoms. The lowest BCUT2D eigenvalue weighted by molar-refractivity contribution is -0.149. The van der Waals surface area contributed by atoms with Crippen LogP contribution in [0.2, 0.25) is 0 Å². The number of carbonyl (C=O) groups is 3. The lowest BCUT2D eigenvalue weighted by Gasteiger charge is -2.39. The molecule has 7 nitrogen and oxygen atoms in total. The molecule has 6 rings (SSSR count). The minimum Gasteiger partial charge on any atom is -0.481 e. The number of piperidine rings is 1. The van der Waals surface area contributed by atoms with Gasteiger partial charge in [0.2, 0.25) is 5.91 Å². The smallest absolute Gasteiger partial charge is 0.407 e. The van der Waals surface area contributed by atoms with Crippen molar-refractivity contribution in [2.45, 2.75) is 62.6 Å². The van der Waals surface area contributed by atoms with Gasteiger partial charge in [-0.2, -0.15) is 0 Å². The minimum atomic E-state index is -0.774. The predicted molar refractivity (Wildman–Crippen MR) is 129 cm³/mol. The van der Waals surface area contributed by atoms with Crippen molar-refractivity contribution in [3.8, 4) is 11.1 Å². The van der Waals surface area contributed by atoms with Crippen molar-refractivity contribution >= 4 is 18.0 Å². The fourth-order valence-electron chi connectivity index (χ4n) is 6.48. The van der Waals surface area contributed by atoms with E-state index in [-0.39, 0.29) is 42.4 Å². The van der Waals surface area contributed by atoms with Crippen LogP contribution >= 0.6 is 0 Å². The summed E-state index contributed by atoms with van der Waals surface area (Å²) in [6, 6.07) is 15.7. The van der Waals surface area contributed by atoms with Gasteiger partial charge in [0.1, 0.15) is 12.6 Å². The lowest BCUT2D eigenvalue weighted by atomic mass is 9.90. The van der Waals surface area contributed by atoms with Crippen molar-refractivity contribution in [2.24, 2.45) is 11.8 Å². The highest BCUT2D eigenvalue weighted by molar-refractivity contribution is 5.87. The molecule has 3 atom stereocenters. The third-order valence-corrected chi connectivity index (χ3v) is 8.31. The van der Waals surface area contributed by atoms with Crippen molar-refractivity contribution in [3.63, 3.8) is 0 Å². The number of carbonyl (C=O) groups excluding carboxylic acids is 2. The molecule has 2 amide bonds. The van der Waals surface area contributed by atoms with E-state index < -0.39 is 18.1 Å². The molecule has 2 N–H and O–H groups in total. The largest absolute Gasteiger partial charge is 0.481 e. The Morgan fingerprint density at radius 3 is 2.03 bits per heavy atom. The topological polar surface area (TPSA) is 95.9 Å². The van der Waals surface area contributed by atoms with Crippen LogP contribution in [0.25, 0.3) is 11.1 Å². The molecule has 2 saturated heterocycles. The Kier molecular flexibility index (Phi) is 5.50. The van der Waals surface area contributed by atoms with Gasteiger partial charge in [-0.25, -0.2) is 4.79 Å². The quantitative estimate of drug-likeness (QED) is 0.656. The first kappa shape index (κ1) is 22.1. The summed E-state index contributed by atoms with van der Waals surface area (Å²) < 4.78 is 5.70. The van der Waals surface area contributed by atoms with Crippen LogP contribution in [0.3, 0.4) is 0 Å². The summed E-state index contributed by atoms with van der Waals surface area (Å²) >= 11 is 0. The van der Waals surface area contributed by atoms with Crippen molar-refractivity contribution in [3.05, 3.63) is 59.7 Å². The molecular formula is C28H30N2O5. The normalized spacial score (nSPS) is 25.5. The Bertz CT molecular complexity index is 1120. The van der Waals surface area contributed by atoms with Gasteiger partial charge in [-0.3, -0.25) is 9.59 Å². The van der Waals surface area contributed by atoms with Gasteiger partial charge in [0.25, 0.3) is 0 Å². The second kappa shape index (κ2) is 8.70. The maximum absolute atomic E-state index is 13.5. The predicted octanol–water partition coefficient (Wildman–Crippen LogP) is 4.16. The summed E-state index contributed by atoms with van der Waals surface area (Å²) in [5.41, 5.74) is 4.63. The summed E-state index contributed by atoms with van der Waals surface area (Å²) in [5.74, 6) is -1.14. The molecule has 2 aliphatic heterocycles. The number of hydrogen-bond donors (Lipinski definition) is 2. The number of nitrogens with zero attached hydrogens (tertiary/aromatic N) is 1. The summed E-state index contributed by atoms with van der Waals surface area (Å²) in [7, 11) is 0. The Labute approximate surface area is 204 Å². The van der Waals surface area contributed by atoms with E-state index in [1.807, 2.05) is 29.2 Å². The Balaban J connectivity index is 1.13. The van der Waals surface area contributed by atoms with Crippen LogP contribution in [-0.2, 0) is 14.3 Å². The molecule has 182 valence electrons. The number of aliphatic carboxylic acids is 1. The van der Waals surface area contributed by atoms with Crippen molar-refractivity contribution < 1.29 is 24.2 Å². The van der Waals surface area contributed by atoms with E-state index in [2.05, 4.69) is 29.6 Å². The minimum absolute atomic E-state index is 0.0332. The number of carboxylic acid groups (broad SMARTS) is 1. The van der Waals surface area contributed by atoms with Gasteiger partial charge in [-0.05, 0) is 66.7 Å². The number of fused-ring (bicyclic) bond motifs is 5. The van der Waals surface area contributed by atoms with E-state index in [1.54, 1.807) is 0 Å². The molecule has 0 spiro atoms. The van der Waals surface area contributed by atoms with Gasteiger partial charge in [0, 0.05) is 18.0 Å². The molecule has 2 aliphatic carbocycles. The Morgan fingerprint density at radius 1 is 0.914 bits per heavy atom. The van der Waals surface area contributed by atoms with E-state index >= 15 is 0 Å². The zero-order valence-corrected chi connectivity index (χ0v) is 19.6. The van der Waals surface area contributed by atoms with Crippen LogP contribution in [-0.4, -0.2) is 52.7 Å². The van der Waals surface area contributed by atoms with Crippen LogP contribution in [0.4, 0.5) is 4.79 Å². The number of ether oxygens (including phenoxy) is 1. The average Bonchev–Trinajstić information content (AvgIpc) is 3.61. The third kappa shape index (κ3) is 3.97. The van der Waals surface area contributed by atoms with Crippen LogP contribution in [0, 0.1) is 11.8 Å². The molecule has 7 heteroatoms. The molecule has 4 aliphatic rings. The molecule has 2 heterocycles. The second-order valence-corrected chi connectivity index (χ2v) is 10.4. The van der Waals surface area contributed by atoms with Gasteiger partial charge < -0.3 is 20.1 Å². The van der Waals surface area contributed by atoms with Crippen LogP contribution in [0.1, 0.15) is 55.6 Å². The monoisotopic (exact) mass is 474 g/mol. The number of carboxylic acids is 1. The van der Waals surface area contributed by atoms with Crippen molar-refractivity contribution in [1.82, 2.24) is 10.2 Å². The summed E-state index contributed by atoms with van der Waals surface area (Å²) in [6.07, 6.45) is 3.91. The summed E-state index contributed by atoms with van der Waals surface area (Å²) in [6.45, 7) is 0.209. The Hall–Kier alpha value is -3.35. The molecule has 35 heavy (non-hydrogen) atoms. The number of alkyl carbamates (subject to hydrolysis) is 1. The van der Waals surface area contributed by atoms with Gasteiger partial charge in [-0.1, -0.05) is 48.5 Å². The van der Waals surface area contributed by atoms with E-state index in [0.29, 0.717) is 12.8 Å². The maximum atomic E-state index is 13.5. The van der Waals surface area contributed by atoms with Gasteiger partial charge in [-0.15, -0.1) is 0 Å². The first-order chi connectivity index (χ1) is 17.0. The number of amides is 2. The molecule has 0 aromatic heterocycles. The SMILES string of the molecule is O=C(NC(C(=O)N1C2CCC1CC(C(=O)O)C2)C1CC1)OCC1c2ccccc2-c2ccccc21. The van der Waals surface area contributed by atoms with Crippen LogP contribution < -0.4 is 5.32 Å². The highest BCUT2D eigenvalue weighted by Gasteiger charge is 2.49. The van der Waals surface area contributed by atoms with E-state index in [0.717, 1.165) is 36.8 Å². The average molecular weight is 475 g/mol. The molecule has 2 aromatic carbocycles. The zero-order valence-electron chi connectivity index (χ0n) is 19.6. The fourth-order valence-corrected chi connectivity index (χ4v) is 6.48. The van der Waals surface area contributed by atoms with Crippen molar-refractivity contribution in [2.75, 3.05) is 6.61 Å². The molecule has 1 saturated carbocycles. The Morgan fingerprint density at radius 2 is 1.49 bits per heavy atom. The number of rotatable bonds is 6. The fraction of sp³-hybridized carbons (Fsp3) is 0.464. The molecule has 3 fully saturated rings. The van der Waals surface area contributed by atoms with E-state index in [9.17, 15) is 19.5 Å². The molecule has 0 radical (unpaired) electrons. The first-order valence-corrected chi connectivity index (χ1v) is 12.7. The van der Waals surface area contributed by atoms with Gasteiger partial charge >= 0.3 is 12.1 Å². The van der Waals surface area contributed by atoms with Gasteiger partial charge in [0.15, 0.2) is 0 Å². The molecule has 2 aromatic rings. The number of hydrogen-bond acceptors (Lipinski definition) is 4. The number of nitrogens with one attached hydrogen (secondary N) is 1. The number of benzene rings is 2. The summed E-state index contributed by atoms with van der Waals surface area (Å²) in [4.78, 5) is 39.8. The van der Waals surface area contributed by atoms with Crippen LogP contribution in [0.15, 0.2) is 48.5 Å². The molecule has 3 unspecified atom stereocenters. The lowest BCUT2D eigenvalue weighted by Crippen LogP contribution is -2.56. The van der Waals surface area contributed by atoms with E-state index in [4.69, 9.17) is 4.74 Å².